The molecule has 0 unspecified atom stereocenters. The van der Waals surface area contributed by atoms with E-state index < -0.39 is 4.92 Å². The molecule has 1 aliphatic rings. The number of benzene rings is 2. The molecule has 23 heavy (non-hydrogen) atoms. The Morgan fingerprint density at radius 3 is 2.65 bits per heavy atom. The number of rotatable bonds is 3. The molecule has 0 atom stereocenters. The lowest BCUT2D eigenvalue weighted by Crippen LogP contribution is -2.31. The molecule has 0 saturated heterocycles. The number of carbonyl (C=O) groups is 1. The highest BCUT2D eigenvalue weighted by Crippen LogP contribution is 2.31. The van der Waals surface area contributed by atoms with Gasteiger partial charge >= 0.3 is 0 Å². The molecular weight excluding hydrogens is 298 g/mol. The van der Waals surface area contributed by atoms with Crippen molar-refractivity contribution in [2.45, 2.75) is 13.5 Å². The Morgan fingerprint density at radius 2 is 2.00 bits per heavy atom. The monoisotopic (exact) mass is 313 g/mol. The number of hydrogen-bond donors (Lipinski definition) is 1. The van der Waals surface area contributed by atoms with Crippen LogP contribution in [0.5, 0.6) is 5.75 Å². The van der Waals surface area contributed by atoms with E-state index in [1.165, 1.54) is 19.1 Å². The zero-order chi connectivity index (χ0) is 16.4. The van der Waals surface area contributed by atoms with Crippen molar-refractivity contribution in [3.63, 3.8) is 0 Å². The van der Waals surface area contributed by atoms with Crippen LogP contribution in [0.2, 0.25) is 0 Å². The van der Waals surface area contributed by atoms with Crippen molar-refractivity contribution in [1.29, 1.82) is 0 Å². The van der Waals surface area contributed by atoms with Gasteiger partial charge in [0.25, 0.3) is 5.69 Å². The van der Waals surface area contributed by atoms with Gasteiger partial charge in [-0.1, -0.05) is 0 Å². The van der Waals surface area contributed by atoms with Crippen LogP contribution in [-0.2, 0) is 11.3 Å². The molecule has 2 aromatic rings. The normalized spacial score (nSPS) is 13.0. The van der Waals surface area contributed by atoms with Gasteiger partial charge in [-0.15, -0.1) is 0 Å². The first-order valence-corrected chi connectivity index (χ1v) is 7.05. The molecule has 1 heterocycles. The molecule has 0 spiro atoms. The van der Waals surface area contributed by atoms with Crippen LogP contribution < -0.4 is 15.0 Å². The van der Waals surface area contributed by atoms with Crippen LogP contribution in [0.4, 0.5) is 17.1 Å². The zero-order valence-electron chi connectivity index (χ0n) is 12.5. The van der Waals surface area contributed by atoms with Crippen molar-refractivity contribution in [2.75, 3.05) is 16.9 Å². The Hall–Kier alpha value is -3.09. The molecule has 0 aliphatic carbocycles. The topological polar surface area (TPSA) is 84.7 Å². The highest BCUT2D eigenvalue weighted by molar-refractivity contribution is 5.88. The van der Waals surface area contributed by atoms with Crippen LogP contribution in [0.25, 0.3) is 0 Å². The van der Waals surface area contributed by atoms with Crippen LogP contribution in [-0.4, -0.2) is 17.6 Å². The largest absolute Gasteiger partial charge is 0.473 e. The van der Waals surface area contributed by atoms with E-state index in [0.29, 0.717) is 19.0 Å². The summed E-state index contributed by atoms with van der Waals surface area (Å²) < 4.78 is 5.71. The first-order valence-electron chi connectivity index (χ1n) is 7.05. The lowest BCUT2D eigenvalue weighted by Gasteiger charge is -2.31. The van der Waals surface area contributed by atoms with Gasteiger partial charge in [0.05, 0.1) is 4.92 Å². The van der Waals surface area contributed by atoms with Gasteiger partial charge in [0.2, 0.25) is 5.91 Å². The Balaban J connectivity index is 1.81. The lowest BCUT2D eigenvalue weighted by atomic mass is 10.1. The summed E-state index contributed by atoms with van der Waals surface area (Å²) in [7, 11) is 0. The number of anilines is 2. The summed E-state index contributed by atoms with van der Waals surface area (Å²) in [6, 6.07) is 11.8. The number of nitro groups is 1. The summed E-state index contributed by atoms with van der Waals surface area (Å²) in [6.07, 6.45) is 0. The summed E-state index contributed by atoms with van der Waals surface area (Å²) in [5.74, 6) is 0.645. The molecule has 118 valence electrons. The second kappa shape index (κ2) is 5.96. The van der Waals surface area contributed by atoms with E-state index in [1.807, 2.05) is 17.0 Å². The van der Waals surface area contributed by atoms with Crippen LogP contribution in [0.15, 0.2) is 42.5 Å². The number of nitrogens with one attached hydrogen (secondary N) is 1. The summed E-state index contributed by atoms with van der Waals surface area (Å²) in [5.41, 5.74) is 2.55. The summed E-state index contributed by atoms with van der Waals surface area (Å²) in [6.45, 7) is 2.42. The average Bonchev–Trinajstić information content (AvgIpc) is 2.53. The van der Waals surface area contributed by atoms with Crippen molar-refractivity contribution in [3.8, 4) is 5.75 Å². The minimum atomic E-state index is -0.425. The summed E-state index contributed by atoms with van der Waals surface area (Å²) in [5, 5.41) is 13.5. The number of non-ortho nitro benzene ring substituents is 1. The Labute approximate surface area is 132 Å². The second-order valence-electron chi connectivity index (χ2n) is 5.25. The zero-order valence-corrected chi connectivity index (χ0v) is 12.5. The fourth-order valence-corrected chi connectivity index (χ4v) is 2.47. The van der Waals surface area contributed by atoms with Gasteiger partial charge in [0, 0.05) is 42.5 Å². The molecular formula is C16H15N3O4. The molecule has 7 heteroatoms. The van der Waals surface area contributed by atoms with E-state index in [2.05, 4.69) is 5.32 Å². The van der Waals surface area contributed by atoms with Crippen molar-refractivity contribution >= 4 is 23.0 Å². The van der Waals surface area contributed by atoms with Gasteiger partial charge in [-0.25, -0.2) is 0 Å². The third-order valence-corrected chi connectivity index (χ3v) is 3.54. The Kier molecular flexibility index (Phi) is 3.84. The predicted octanol–water partition coefficient (Wildman–Crippen LogP) is 2.91. The van der Waals surface area contributed by atoms with E-state index in [0.717, 1.165) is 17.0 Å². The number of amides is 1. The van der Waals surface area contributed by atoms with Gasteiger partial charge in [-0.2, -0.15) is 0 Å². The number of nitrogens with zero attached hydrogens (tertiary/aromatic N) is 2. The number of hydrogen-bond acceptors (Lipinski definition) is 5. The third kappa shape index (κ3) is 3.23. The van der Waals surface area contributed by atoms with E-state index in [4.69, 9.17) is 4.74 Å². The van der Waals surface area contributed by atoms with Gasteiger partial charge in [-0.3, -0.25) is 14.9 Å². The summed E-state index contributed by atoms with van der Waals surface area (Å²) in [4.78, 5) is 23.4. The van der Waals surface area contributed by atoms with Crippen LogP contribution in [0.1, 0.15) is 12.5 Å². The highest BCUT2D eigenvalue weighted by atomic mass is 16.6. The number of ether oxygens (including phenoxy) is 1. The van der Waals surface area contributed by atoms with Crippen LogP contribution >= 0.6 is 0 Å². The van der Waals surface area contributed by atoms with Crippen LogP contribution in [0, 0.1) is 10.1 Å². The van der Waals surface area contributed by atoms with Gasteiger partial charge in [0.1, 0.15) is 5.75 Å². The van der Waals surface area contributed by atoms with Crippen molar-refractivity contribution < 1.29 is 14.5 Å². The molecule has 0 radical (unpaired) electrons. The Morgan fingerprint density at radius 1 is 1.26 bits per heavy atom. The number of fused-ring (bicyclic) bond motifs is 1. The maximum absolute atomic E-state index is 11.1. The first kappa shape index (κ1) is 14.8. The molecule has 0 fully saturated rings. The SMILES string of the molecule is CC(=O)Nc1ccc2c(c1)CN(c1ccc([N+](=O)[O-])cc1)CO2. The van der Waals surface area contributed by atoms with Crippen molar-refractivity contribution in [3.05, 3.63) is 58.1 Å². The second-order valence-corrected chi connectivity index (χ2v) is 5.25. The minimum absolute atomic E-state index is 0.0556. The van der Waals surface area contributed by atoms with E-state index in [-0.39, 0.29) is 11.6 Å². The quantitative estimate of drug-likeness (QED) is 0.695. The molecule has 1 aliphatic heterocycles. The summed E-state index contributed by atoms with van der Waals surface area (Å²) >= 11 is 0. The molecule has 0 aromatic heterocycles. The highest BCUT2D eigenvalue weighted by Gasteiger charge is 2.19. The van der Waals surface area contributed by atoms with Crippen molar-refractivity contribution in [1.82, 2.24) is 0 Å². The fraction of sp³-hybridized carbons (Fsp3) is 0.188. The standard InChI is InChI=1S/C16H15N3O4/c1-11(20)17-13-2-7-16-12(8-13)9-18(10-23-16)14-3-5-15(6-4-14)19(21)22/h2-8H,9-10H2,1H3,(H,17,20). The minimum Gasteiger partial charge on any atom is -0.473 e. The maximum Gasteiger partial charge on any atom is 0.269 e. The predicted molar refractivity (Wildman–Crippen MR) is 85.5 cm³/mol. The fourth-order valence-electron chi connectivity index (χ4n) is 2.47. The molecule has 0 bridgehead atoms. The molecule has 1 N–H and O–H groups in total. The molecule has 3 rings (SSSR count). The van der Waals surface area contributed by atoms with Crippen LogP contribution in [0.3, 0.4) is 0 Å². The maximum atomic E-state index is 11.1. The average molecular weight is 313 g/mol. The third-order valence-electron chi connectivity index (χ3n) is 3.54. The molecule has 7 nitrogen and oxygen atoms in total. The molecule has 0 saturated carbocycles. The van der Waals surface area contributed by atoms with E-state index >= 15 is 0 Å². The lowest BCUT2D eigenvalue weighted by molar-refractivity contribution is -0.384. The molecule has 2 aromatic carbocycles. The van der Waals surface area contributed by atoms with Gasteiger partial charge in [-0.05, 0) is 30.3 Å². The number of nitro benzene ring substituents is 1. The van der Waals surface area contributed by atoms with Gasteiger partial charge in [0.15, 0.2) is 6.73 Å². The Bertz CT molecular complexity index is 758. The number of carbonyl (C=O) groups excluding carboxylic acids is 1. The van der Waals surface area contributed by atoms with E-state index in [9.17, 15) is 14.9 Å². The smallest absolute Gasteiger partial charge is 0.269 e. The van der Waals surface area contributed by atoms with Gasteiger partial charge < -0.3 is 15.0 Å². The molecule has 1 amide bonds. The van der Waals surface area contributed by atoms with Crippen molar-refractivity contribution in [2.24, 2.45) is 0 Å². The first-order chi connectivity index (χ1) is 11.0. The van der Waals surface area contributed by atoms with E-state index in [1.54, 1.807) is 18.2 Å².